The van der Waals surface area contributed by atoms with Gasteiger partial charge in [-0.2, -0.15) is 0 Å². The molecule has 0 aliphatic carbocycles. The van der Waals surface area contributed by atoms with E-state index in [1.54, 1.807) is 54.9 Å². The predicted octanol–water partition coefficient (Wildman–Crippen LogP) is 5.33. The van der Waals surface area contributed by atoms with Crippen LogP contribution in [0.25, 0.3) is 11.1 Å². The monoisotopic (exact) mass is 428 g/mol. The van der Waals surface area contributed by atoms with Crippen LogP contribution in [0.3, 0.4) is 0 Å². The van der Waals surface area contributed by atoms with Gasteiger partial charge >= 0.3 is 0 Å². The first-order chi connectivity index (χ1) is 15.2. The molecule has 0 unspecified atom stereocenters. The van der Waals surface area contributed by atoms with Crippen LogP contribution >= 0.6 is 0 Å². The van der Waals surface area contributed by atoms with Crippen molar-refractivity contribution >= 4 is 34.3 Å². The summed E-state index contributed by atoms with van der Waals surface area (Å²) in [6, 6.07) is 13.9. The van der Waals surface area contributed by atoms with Gasteiger partial charge in [0.05, 0.1) is 11.3 Å². The molecular formula is C25H24N4O3. The number of aromatic nitrogens is 2. The number of benzene rings is 2. The molecule has 32 heavy (non-hydrogen) atoms. The van der Waals surface area contributed by atoms with Gasteiger partial charge in [-0.1, -0.05) is 32.9 Å². The maximum absolute atomic E-state index is 13.1. The molecule has 0 atom stereocenters. The van der Waals surface area contributed by atoms with Gasteiger partial charge in [0.2, 0.25) is 5.89 Å². The van der Waals surface area contributed by atoms with Crippen LogP contribution in [-0.2, 0) is 5.41 Å². The highest BCUT2D eigenvalue weighted by Gasteiger charge is 2.21. The van der Waals surface area contributed by atoms with Crippen molar-refractivity contribution in [3.63, 3.8) is 0 Å². The van der Waals surface area contributed by atoms with Crippen LogP contribution in [0.5, 0.6) is 0 Å². The maximum Gasteiger partial charge on any atom is 0.257 e. The van der Waals surface area contributed by atoms with E-state index in [4.69, 9.17) is 4.42 Å². The molecule has 0 aliphatic heterocycles. The zero-order valence-corrected chi connectivity index (χ0v) is 18.4. The summed E-state index contributed by atoms with van der Waals surface area (Å²) >= 11 is 0. The Balaban J connectivity index is 1.60. The van der Waals surface area contributed by atoms with Crippen LogP contribution in [0, 0.1) is 6.92 Å². The summed E-state index contributed by atoms with van der Waals surface area (Å²) < 4.78 is 5.82. The van der Waals surface area contributed by atoms with Gasteiger partial charge < -0.3 is 15.1 Å². The molecule has 2 heterocycles. The lowest BCUT2D eigenvalue weighted by molar-refractivity contribution is 0.102. The first-order valence-corrected chi connectivity index (χ1v) is 10.3. The minimum absolute atomic E-state index is 0.216. The summed E-state index contributed by atoms with van der Waals surface area (Å²) in [5.41, 5.74) is 3.77. The summed E-state index contributed by atoms with van der Waals surface area (Å²) in [5, 5.41) is 5.75. The molecule has 7 nitrogen and oxygen atoms in total. The molecule has 4 rings (SSSR count). The van der Waals surface area contributed by atoms with Gasteiger partial charge in [-0.05, 0) is 48.9 Å². The van der Waals surface area contributed by atoms with Gasteiger partial charge in [-0.25, -0.2) is 4.98 Å². The standard InChI is InChI=1S/C25H24N4O3/c1-15-6-5-7-18(21(15)29-22(30)16-10-12-26-13-11-16)23(31)27-17-8-9-20-19(14-17)28-24(32-20)25(2,3)4/h5-14H,1-4H3,(H,27,31)(H,29,30). The van der Waals surface area contributed by atoms with E-state index in [-0.39, 0.29) is 17.2 Å². The molecule has 2 N–H and O–H groups in total. The molecule has 0 saturated carbocycles. The van der Waals surface area contributed by atoms with Gasteiger partial charge in [0.15, 0.2) is 5.58 Å². The fourth-order valence-electron chi connectivity index (χ4n) is 3.24. The van der Waals surface area contributed by atoms with Gasteiger partial charge in [-0.15, -0.1) is 0 Å². The fraction of sp³-hybridized carbons (Fsp3) is 0.200. The second-order valence-electron chi connectivity index (χ2n) is 8.59. The number of carbonyl (C=O) groups is 2. The lowest BCUT2D eigenvalue weighted by Crippen LogP contribution is -2.19. The molecular weight excluding hydrogens is 404 g/mol. The lowest BCUT2D eigenvalue weighted by Gasteiger charge is -2.14. The number of fused-ring (bicyclic) bond motifs is 1. The number of amides is 2. The third-order valence-electron chi connectivity index (χ3n) is 4.99. The number of nitrogens with one attached hydrogen (secondary N) is 2. The Morgan fingerprint density at radius 2 is 1.69 bits per heavy atom. The molecule has 162 valence electrons. The Morgan fingerprint density at radius 3 is 2.41 bits per heavy atom. The van der Waals surface area contributed by atoms with Crippen molar-refractivity contribution in [2.24, 2.45) is 0 Å². The van der Waals surface area contributed by atoms with E-state index in [1.807, 2.05) is 33.8 Å². The average Bonchev–Trinajstić information content (AvgIpc) is 3.20. The lowest BCUT2D eigenvalue weighted by atomic mass is 9.97. The van der Waals surface area contributed by atoms with Crippen molar-refractivity contribution in [1.82, 2.24) is 9.97 Å². The van der Waals surface area contributed by atoms with Crippen LogP contribution in [-0.4, -0.2) is 21.8 Å². The largest absolute Gasteiger partial charge is 0.440 e. The molecule has 0 aliphatic rings. The Labute approximate surface area is 185 Å². The number of hydrogen-bond acceptors (Lipinski definition) is 5. The molecule has 2 aromatic heterocycles. The topological polar surface area (TPSA) is 97.1 Å². The van der Waals surface area contributed by atoms with Gasteiger partial charge in [0, 0.05) is 29.1 Å². The summed E-state index contributed by atoms with van der Waals surface area (Å²) in [6.45, 7) is 7.92. The molecule has 2 amide bonds. The number of carbonyl (C=O) groups excluding carboxylic acids is 2. The van der Waals surface area contributed by atoms with Gasteiger partial charge in [0.25, 0.3) is 11.8 Å². The van der Waals surface area contributed by atoms with E-state index in [0.717, 1.165) is 5.56 Å². The van der Waals surface area contributed by atoms with Crippen LogP contribution in [0.15, 0.2) is 65.3 Å². The summed E-state index contributed by atoms with van der Waals surface area (Å²) in [4.78, 5) is 34.2. The van der Waals surface area contributed by atoms with Crippen molar-refractivity contribution in [3.05, 3.63) is 83.5 Å². The van der Waals surface area contributed by atoms with Crippen molar-refractivity contribution < 1.29 is 14.0 Å². The predicted molar refractivity (Wildman–Crippen MR) is 124 cm³/mol. The zero-order chi connectivity index (χ0) is 22.9. The number of pyridine rings is 1. The van der Waals surface area contributed by atoms with Crippen LogP contribution in [0.2, 0.25) is 0 Å². The Hall–Kier alpha value is -4.00. The zero-order valence-electron chi connectivity index (χ0n) is 18.4. The number of anilines is 2. The Morgan fingerprint density at radius 1 is 0.938 bits per heavy atom. The van der Waals surface area contributed by atoms with E-state index in [9.17, 15) is 9.59 Å². The Bertz CT molecular complexity index is 1300. The summed E-state index contributed by atoms with van der Waals surface area (Å²) in [5.74, 6) is -0.0112. The number of hydrogen-bond donors (Lipinski definition) is 2. The van der Waals surface area contributed by atoms with Gasteiger partial charge in [0.1, 0.15) is 5.52 Å². The van der Waals surface area contributed by atoms with E-state index < -0.39 is 0 Å². The quantitative estimate of drug-likeness (QED) is 0.458. The highest BCUT2D eigenvalue weighted by Crippen LogP contribution is 2.28. The summed E-state index contributed by atoms with van der Waals surface area (Å²) in [6.07, 6.45) is 3.09. The van der Waals surface area contributed by atoms with Crippen molar-refractivity contribution in [2.75, 3.05) is 10.6 Å². The van der Waals surface area contributed by atoms with E-state index >= 15 is 0 Å². The number of rotatable bonds is 4. The van der Waals surface area contributed by atoms with E-state index in [1.165, 1.54) is 0 Å². The normalized spacial score (nSPS) is 11.4. The average molecular weight is 428 g/mol. The highest BCUT2D eigenvalue weighted by molar-refractivity contribution is 6.13. The molecule has 7 heteroatoms. The summed E-state index contributed by atoms with van der Waals surface area (Å²) in [7, 11) is 0. The van der Waals surface area contributed by atoms with Crippen LogP contribution < -0.4 is 10.6 Å². The van der Waals surface area contributed by atoms with Crippen LogP contribution in [0.1, 0.15) is 52.9 Å². The number of para-hydroxylation sites is 1. The van der Waals surface area contributed by atoms with E-state index in [2.05, 4.69) is 20.6 Å². The number of nitrogens with zero attached hydrogens (tertiary/aromatic N) is 2. The third-order valence-corrected chi connectivity index (χ3v) is 4.99. The molecule has 0 bridgehead atoms. The Kier molecular flexibility index (Phi) is 5.48. The first kappa shape index (κ1) is 21.2. The smallest absolute Gasteiger partial charge is 0.257 e. The minimum Gasteiger partial charge on any atom is -0.440 e. The van der Waals surface area contributed by atoms with Crippen LogP contribution in [0.4, 0.5) is 11.4 Å². The maximum atomic E-state index is 13.1. The number of aryl methyl sites for hydroxylation is 1. The fourth-order valence-corrected chi connectivity index (χ4v) is 3.24. The third kappa shape index (κ3) is 4.37. The number of oxazole rings is 1. The SMILES string of the molecule is Cc1cccc(C(=O)Nc2ccc3oc(C(C)(C)C)nc3c2)c1NC(=O)c1ccncc1. The second kappa shape index (κ2) is 8.26. The van der Waals surface area contributed by atoms with Crippen molar-refractivity contribution in [3.8, 4) is 0 Å². The molecule has 2 aromatic carbocycles. The molecule has 0 saturated heterocycles. The molecule has 4 aromatic rings. The van der Waals surface area contributed by atoms with E-state index in [0.29, 0.717) is 39.5 Å². The first-order valence-electron chi connectivity index (χ1n) is 10.3. The highest BCUT2D eigenvalue weighted by atomic mass is 16.3. The molecule has 0 spiro atoms. The van der Waals surface area contributed by atoms with Gasteiger partial charge in [-0.3, -0.25) is 14.6 Å². The minimum atomic E-state index is -0.336. The van der Waals surface area contributed by atoms with Crippen molar-refractivity contribution in [2.45, 2.75) is 33.1 Å². The van der Waals surface area contributed by atoms with Crippen molar-refractivity contribution in [1.29, 1.82) is 0 Å². The molecule has 0 radical (unpaired) electrons. The second-order valence-corrected chi connectivity index (χ2v) is 8.59. The molecule has 0 fully saturated rings.